The van der Waals surface area contributed by atoms with Crippen molar-refractivity contribution in [3.8, 4) is 0 Å². The number of pyridine rings is 1. The van der Waals surface area contributed by atoms with Crippen molar-refractivity contribution in [2.75, 3.05) is 11.9 Å². The summed E-state index contributed by atoms with van der Waals surface area (Å²) in [6.07, 6.45) is 4.08. The Morgan fingerprint density at radius 2 is 1.77 bits per heavy atom. The largest absolute Gasteiger partial charge is 0.356 e. The quantitative estimate of drug-likeness (QED) is 0.515. The van der Waals surface area contributed by atoms with Crippen LogP contribution in [0.25, 0.3) is 0 Å². The van der Waals surface area contributed by atoms with Gasteiger partial charge in [0.1, 0.15) is 0 Å². The van der Waals surface area contributed by atoms with E-state index in [0.29, 0.717) is 29.2 Å². The highest BCUT2D eigenvalue weighted by atomic mass is 35.5. The van der Waals surface area contributed by atoms with Crippen LogP contribution in [0.15, 0.2) is 73.1 Å². The summed E-state index contributed by atoms with van der Waals surface area (Å²) >= 11 is 5.96. The molecule has 0 saturated heterocycles. The monoisotopic (exact) mass is 422 g/mol. The fourth-order valence-corrected chi connectivity index (χ4v) is 3.16. The van der Waals surface area contributed by atoms with Crippen LogP contribution in [0.3, 0.4) is 0 Å². The molecular weight excluding hydrogens is 400 g/mol. The number of anilines is 1. The Morgan fingerprint density at radius 1 is 1.03 bits per heavy atom. The lowest BCUT2D eigenvalue weighted by Crippen LogP contribution is -2.29. The number of nitrogens with zero attached hydrogens (tertiary/aromatic N) is 1. The highest BCUT2D eigenvalue weighted by Gasteiger charge is 2.13. The maximum atomic E-state index is 12.3. The van der Waals surface area contributed by atoms with Crippen LogP contribution in [0.2, 0.25) is 5.02 Å². The molecule has 0 saturated carbocycles. The zero-order valence-corrected chi connectivity index (χ0v) is 17.1. The van der Waals surface area contributed by atoms with Gasteiger partial charge >= 0.3 is 0 Å². The number of aromatic nitrogens is 1. The number of rotatable bonds is 8. The molecule has 0 bridgehead atoms. The van der Waals surface area contributed by atoms with E-state index in [1.807, 2.05) is 24.3 Å². The average Bonchev–Trinajstić information content (AvgIpc) is 2.74. The van der Waals surface area contributed by atoms with Gasteiger partial charge in [-0.15, -0.1) is 0 Å². The number of carbonyl (C=O) groups is 2. The van der Waals surface area contributed by atoms with Gasteiger partial charge in [-0.3, -0.25) is 14.6 Å². The van der Waals surface area contributed by atoms with E-state index in [9.17, 15) is 9.59 Å². The first-order chi connectivity index (χ1) is 14.5. The van der Waals surface area contributed by atoms with Crippen molar-refractivity contribution in [2.45, 2.75) is 18.9 Å². The van der Waals surface area contributed by atoms with Crippen LogP contribution >= 0.6 is 11.6 Å². The number of carbonyl (C=O) groups excluding carboxylic acids is 2. The van der Waals surface area contributed by atoms with Gasteiger partial charge in [0.2, 0.25) is 5.91 Å². The predicted octanol–water partition coefficient (Wildman–Crippen LogP) is 3.74. The van der Waals surface area contributed by atoms with Gasteiger partial charge < -0.3 is 16.4 Å². The Kier molecular flexibility index (Phi) is 7.54. The zero-order chi connectivity index (χ0) is 21.3. The van der Waals surface area contributed by atoms with E-state index in [1.165, 1.54) is 0 Å². The molecule has 0 radical (unpaired) electrons. The van der Waals surface area contributed by atoms with E-state index in [1.54, 1.807) is 48.8 Å². The van der Waals surface area contributed by atoms with Crippen LogP contribution in [-0.4, -0.2) is 23.3 Å². The van der Waals surface area contributed by atoms with Gasteiger partial charge in [-0.1, -0.05) is 35.9 Å². The second-order valence-electron chi connectivity index (χ2n) is 6.85. The van der Waals surface area contributed by atoms with E-state index in [0.717, 1.165) is 11.1 Å². The van der Waals surface area contributed by atoms with Gasteiger partial charge in [0.15, 0.2) is 0 Å². The Hall–Kier alpha value is -3.22. The second kappa shape index (κ2) is 10.5. The van der Waals surface area contributed by atoms with Crippen molar-refractivity contribution < 1.29 is 9.59 Å². The summed E-state index contributed by atoms with van der Waals surface area (Å²) in [5, 5.41) is 6.35. The molecule has 7 heteroatoms. The fraction of sp³-hybridized carbons (Fsp3) is 0.174. The summed E-state index contributed by atoms with van der Waals surface area (Å²) in [6.45, 7) is 0.514. The SMILES string of the molecule is NC(CC(=O)NCCc1cccc(Cl)c1)c1ccc(C(=O)Nc2ccncc2)cc1. The molecule has 0 spiro atoms. The third kappa shape index (κ3) is 6.40. The maximum absolute atomic E-state index is 12.3. The van der Waals surface area contributed by atoms with Crippen LogP contribution in [0.1, 0.15) is 33.9 Å². The van der Waals surface area contributed by atoms with Gasteiger partial charge in [-0.25, -0.2) is 0 Å². The van der Waals surface area contributed by atoms with Gasteiger partial charge in [0, 0.05) is 47.7 Å². The first kappa shape index (κ1) is 21.5. The normalized spacial score (nSPS) is 11.5. The summed E-state index contributed by atoms with van der Waals surface area (Å²) in [6, 6.07) is 17.5. The summed E-state index contributed by atoms with van der Waals surface area (Å²) in [4.78, 5) is 28.4. The van der Waals surface area contributed by atoms with Crippen molar-refractivity contribution in [2.24, 2.45) is 5.73 Å². The molecule has 30 heavy (non-hydrogen) atoms. The van der Waals surface area contributed by atoms with E-state index in [2.05, 4.69) is 15.6 Å². The molecule has 0 fully saturated rings. The minimum atomic E-state index is -0.450. The van der Waals surface area contributed by atoms with Gasteiger partial charge in [0.25, 0.3) is 5.91 Å². The number of amides is 2. The molecule has 154 valence electrons. The lowest BCUT2D eigenvalue weighted by atomic mass is 10.0. The van der Waals surface area contributed by atoms with E-state index in [4.69, 9.17) is 17.3 Å². The number of nitrogens with two attached hydrogens (primary N) is 1. The Labute approximate surface area is 180 Å². The van der Waals surface area contributed by atoms with Crippen molar-refractivity contribution in [3.05, 3.63) is 94.8 Å². The van der Waals surface area contributed by atoms with E-state index in [-0.39, 0.29) is 18.2 Å². The number of halogens is 1. The molecule has 1 unspecified atom stereocenters. The van der Waals surface area contributed by atoms with Crippen molar-refractivity contribution in [1.82, 2.24) is 10.3 Å². The summed E-state index contributed by atoms with van der Waals surface area (Å²) in [7, 11) is 0. The molecular formula is C23H23ClN4O2. The number of benzene rings is 2. The van der Waals surface area contributed by atoms with Crippen molar-refractivity contribution in [1.29, 1.82) is 0 Å². The first-order valence-electron chi connectivity index (χ1n) is 9.59. The average molecular weight is 423 g/mol. The zero-order valence-electron chi connectivity index (χ0n) is 16.3. The summed E-state index contributed by atoms with van der Waals surface area (Å²) in [5.74, 6) is -0.343. The fourth-order valence-electron chi connectivity index (χ4n) is 2.95. The Morgan fingerprint density at radius 3 is 2.47 bits per heavy atom. The smallest absolute Gasteiger partial charge is 0.255 e. The van der Waals surface area contributed by atoms with E-state index >= 15 is 0 Å². The van der Waals surface area contributed by atoms with Gasteiger partial charge in [0.05, 0.1) is 0 Å². The highest BCUT2D eigenvalue weighted by Crippen LogP contribution is 2.16. The molecule has 0 aliphatic heterocycles. The highest BCUT2D eigenvalue weighted by molar-refractivity contribution is 6.30. The number of nitrogens with one attached hydrogen (secondary N) is 2. The topological polar surface area (TPSA) is 97.1 Å². The van der Waals surface area contributed by atoms with Crippen LogP contribution < -0.4 is 16.4 Å². The first-order valence-corrected chi connectivity index (χ1v) is 9.97. The molecule has 0 aliphatic rings. The molecule has 6 nitrogen and oxygen atoms in total. The third-order valence-corrected chi connectivity index (χ3v) is 4.80. The molecule has 1 heterocycles. The van der Waals surface area contributed by atoms with E-state index < -0.39 is 6.04 Å². The number of hydrogen-bond acceptors (Lipinski definition) is 4. The van der Waals surface area contributed by atoms with Gasteiger partial charge in [-0.05, 0) is 53.9 Å². The lowest BCUT2D eigenvalue weighted by molar-refractivity contribution is -0.121. The Balaban J connectivity index is 1.47. The second-order valence-corrected chi connectivity index (χ2v) is 7.29. The minimum absolute atomic E-state index is 0.121. The molecule has 1 aromatic heterocycles. The van der Waals surface area contributed by atoms with Crippen molar-refractivity contribution in [3.63, 3.8) is 0 Å². The lowest BCUT2D eigenvalue weighted by Gasteiger charge is -2.13. The molecule has 4 N–H and O–H groups in total. The minimum Gasteiger partial charge on any atom is -0.356 e. The standard InChI is InChI=1S/C23H23ClN4O2/c24-19-3-1-2-16(14-19)8-13-27-22(29)15-21(25)17-4-6-18(7-5-17)23(30)28-20-9-11-26-12-10-20/h1-7,9-12,14,21H,8,13,15,25H2,(H,27,29)(H,26,28,30). The number of hydrogen-bond donors (Lipinski definition) is 3. The van der Waals surface area contributed by atoms with Crippen LogP contribution in [0.5, 0.6) is 0 Å². The van der Waals surface area contributed by atoms with Crippen molar-refractivity contribution >= 4 is 29.1 Å². The predicted molar refractivity (Wildman–Crippen MR) is 118 cm³/mol. The molecule has 1 atom stereocenters. The molecule has 2 amide bonds. The molecule has 0 aliphatic carbocycles. The van der Waals surface area contributed by atoms with Gasteiger partial charge in [-0.2, -0.15) is 0 Å². The summed E-state index contributed by atoms with van der Waals surface area (Å²) < 4.78 is 0. The van der Waals surface area contributed by atoms with Crippen LogP contribution in [0, 0.1) is 0 Å². The molecule has 3 rings (SSSR count). The maximum Gasteiger partial charge on any atom is 0.255 e. The Bertz CT molecular complexity index is 994. The molecule has 3 aromatic rings. The van der Waals surface area contributed by atoms with Crippen LogP contribution in [0.4, 0.5) is 5.69 Å². The molecule has 2 aromatic carbocycles. The summed E-state index contributed by atoms with van der Waals surface area (Å²) in [5.41, 5.74) is 9.20. The van der Waals surface area contributed by atoms with Crippen LogP contribution in [-0.2, 0) is 11.2 Å². The third-order valence-electron chi connectivity index (χ3n) is 4.57.